The first kappa shape index (κ1) is 25.8. The zero-order valence-corrected chi connectivity index (χ0v) is 22.3. The number of hydrogen-bond acceptors (Lipinski definition) is 2. The van der Waals surface area contributed by atoms with Crippen LogP contribution >= 0.6 is 23.2 Å². The van der Waals surface area contributed by atoms with Crippen molar-refractivity contribution in [1.82, 2.24) is 9.55 Å². The number of benzene rings is 4. The van der Waals surface area contributed by atoms with E-state index in [0.29, 0.717) is 16.7 Å². The van der Waals surface area contributed by atoms with Gasteiger partial charge in [0.05, 0.1) is 10.7 Å². The highest BCUT2D eigenvalue weighted by molar-refractivity contribution is 6.36. The molecule has 0 aliphatic carbocycles. The van der Waals surface area contributed by atoms with Crippen molar-refractivity contribution in [2.75, 3.05) is 0 Å². The lowest BCUT2D eigenvalue weighted by atomic mass is 10.0. The molecule has 1 aromatic heterocycles. The predicted molar refractivity (Wildman–Crippen MR) is 155 cm³/mol. The monoisotopic (exact) mass is 542 g/mol. The lowest BCUT2D eigenvalue weighted by molar-refractivity contribution is 0.290. The summed E-state index contributed by atoms with van der Waals surface area (Å²) in [6.07, 6.45) is 5.97. The molecule has 4 aromatic carbocycles. The molecule has 0 amide bonds. The molecule has 0 radical (unpaired) electrons. The summed E-state index contributed by atoms with van der Waals surface area (Å²) < 4.78 is 22.4. The van der Waals surface area contributed by atoms with E-state index in [1.54, 1.807) is 12.1 Å². The minimum Gasteiger partial charge on any atom is -0.486 e. The minimum absolute atomic E-state index is 0.239. The van der Waals surface area contributed by atoms with E-state index in [4.69, 9.17) is 32.9 Å². The van der Waals surface area contributed by atoms with Gasteiger partial charge in [-0.3, -0.25) is 0 Å². The second-order valence-electron chi connectivity index (χ2n) is 8.77. The Balaban J connectivity index is 1.29. The third kappa shape index (κ3) is 5.99. The van der Waals surface area contributed by atoms with Crippen LogP contribution in [0.5, 0.6) is 5.75 Å². The van der Waals surface area contributed by atoms with Gasteiger partial charge < -0.3 is 9.30 Å². The number of rotatable bonds is 8. The normalized spacial score (nSPS) is 11.3. The highest BCUT2D eigenvalue weighted by Gasteiger charge is 2.11. The van der Waals surface area contributed by atoms with Crippen molar-refractivity contribution in [2.45, 2.75) is 20.1 Å². The van der Waals surface area contributed by atoms with Crippen molar-refractivity contribution >= 4 is 35.4 Å². The van der Waals surface area contributed by atoms with Gasteiger partial charge in [0.25, 0.3) is 0 Å². The molecule has 0 saturated heterocycles. The second-order valence-corrected chi connectivity index (χ2v) is 9.61. The van der Waals surface area contributed by atoms with Crippen LogP contribution in [0.1, 0.15) is 23.9 Å². The van der Waals surface area contributed by atoms with Crippen molar-refractivity contribution in [3.63, 3.8) is 0 Å². The average Bonchev–Trinajstić information content (AvgIpc) is 3.35. The Morgan fingerprint density at radius 1 is 0.868 bits per heavy atom. The van der Waals surface area contributed by atoms with Crippen LogP contribution in [0.15, 0.2) is 97.2 Å². The maximum absolute atomic E-state index is 14.7. The average molecular weight is 543 g/mol. The molecule has 6 heteroatoms. The van der Waals surface area contributed by atoms with Crippen LogP contribution in [-0.4, -0.2) is 9.55 Å². The topological polar surface area (TPSA) is 27.1 Å². The summed E-state index contributed by atoms with van der Waals surface area (Å²) >= 11 is 12.4. The third-order valence-corrected chi connectivity index (χ3v) is 6.74. The molecule has 0 unspecified atom stereocenters. The molecule has 0 spiro atoms. The Morgan fingerprint density at radius 2 is 1.63 bits per heavy atom. The number of aryl methyl sites for hydroxylation is 1. The van der Waals surface area contributed by atoms with Gasteiger partial charge in [0, 0.05) is 23.3 Å². The van der Waals surface area contributed by atoms with Gasteiger partial charge in [-0.1, -0.05) is 89.9 Å². The number of imidazole rings is 1. The molecule has 38 heavy (non-hydrogen) atoms. The Kier molecular flexibility index (Phi) is 7.92. The molecular formula is C32H25Cl2FN2O. The Morgan fingerprint density at radius 3 is 2.34 bits per heavy atom. The molecule has 3 nitrogen and oxygen atoms in total. The van der Waals surface area contributed by atoms with Gasteiger partial charge in [0.2, 0.25) is 0 Å². The van der Waals surface area contributed by atoms with Crippen LogP contribution in [0.3, 0.4) is 0 Å². The van der Waals surface area contributed by atoms with E-state index >= 15 is 0 Å². The number of ether oxygens (including phenoxy) is 1. The Labute approximate surface area is 231 Å². The molecule has 0 bridgehead atoms. The molecule has 0 atom stereocenters. The maximum Gasteiger partial charge on any atom is 0.165 e. The van der Waals surface area contributed by atoms with Gasteiger partial charge >= 0.3 is 0 Å². The largest absolute Gasteiger partial charge is 0.486 e. The van der Waals surface area contributed by atoms with Crippen molar-refractivity contribution in [2.24, 2.45) is 0 Å². The highest BCUT2D eigenvalue weighted by atomic mass is 35.5. The molecule has 1 heterocycles. The van der Waals surface area contributed by atoms with E-state index in [0.717, 1.165) is 45.9 Å². The maximum atomic E-state index is 14.7. The van der Waals surface area contributed by atoms with E-state index < -0.39 is 0 Å². The minimum atomic E-state index is -0.384. The van der Waals surface area contributed by atoms with Gasteiger partial charge in [-0.15, -0.1) is 0 Å². The SMILES string of the molecule is CCn1cc(-c2ccc(Cl)cc2Cl)nc1/C=C/c1ccc(-c2ccc(OCc3ccccc3)c(F)c2)cc1. The van der Waals surface area contributed by atoms with Crippen molar-refractivity contribution in [1.29, 1.82) is 0 Å². The van der Waals surface area contributed by atoms with Crippen molar-refractivity contribution in [3.8, 4) is 28.1 Å². The Bertz CT molecular complexity index is 1580. The van der Waals surface area contributed by atoms with Gasteiger partial charge in [-0.25, -0.2) is 9.37 Å². The van der Waals surface area contributed by atoms with Crippen molar-refractivity contribution in [3.05, 3.63) is 130 Å². The summed E-state index contributed by atoms with van der Waals surface area (Å²) in [6.45, 7) is 3.16. The predicted octanol–water partition coefficient (Wildman–Crippen LogP) is 9.43. The molecule has 5 aromatic rings. The van der Waals surface area contributed by atoms with Crippen molar-refractivity contribution < 1.29 is 9.13 Å². The van der Waals surface area contributed by atoms with E-state index in [1.807, 2.05) is 91.1 Å². The van der Waals surface area contributed by atoms with Crippen LogP contribution in [0.2, 0.25) is 10.0 Å². The molecule has 190 valence electrons. The Hall–Kier alpha value is -3.86. The van der Waals surface area contributed by atoms with Crippen LogP contribution < -0.4 is 4.74 Å². The molecule has 0 aliphatic rings. The number of aromatic nitrogens is 2. The van der Waals surface area contributed by atoms with Gasteiger partial charge in [-0.05, 0) is 65.6 Å². The molecule has 0 N–H and O–H groups in total. The van der Waals surface area contributed by atoms with Gasteiger partial charge in [-0.2, -0.15) is 0 Å². The first-order chi connectivity index (χ1) is 18.5. The summed E-state index contributed by atoms with van der Waals surface area (Å²) in [5.74, 6) is 0.680. The fraction of sp³-hybridized carbons (Fsp3) is 0.0938. The zero-order chi connectivity index (χ0) is 26.5. The molecule has 5 rings (SSSR count). The standard InChI is InChI=1S/C32H25Cl2FN2O/c1-2-37-20-30(27-15-14-26(33)19-28(27)34)36-32(37)17-10-22-8-11-24(12-9-22)25-13-16-31(29(35)18-25)38-21-23-6-4-3-5-7-23/h3-20H,2,21H2,1H3/b17-10+. The smallest absolute Gasteiger partial charge is 0.165 e. The quantitative estimate of drug-likeness (QED) is 0.195. The number of halogens is 3. The van der Waals surface area contributed by atoms with E-state index in [2.05, 4.69) is 11.5 Å². The summed E-state index contributed by atoms with van der Waals surface area (Å²) in [4.78, 5) is 4.77. The third-order valence-electron chi connectivity index (χ3n) is 6.19. The van der Waals surface area contributed by atoms with Crippen LogP contribution in [0.25, 0.3) is 34.5 Å². The van der Waals surface area contributed by atoms with E-state index in [9.17, 15) is 4.39 Å². The summed E-state index contributed by atoms with van der Waals surface area (Å²) in [6, 6.07) is 28.1. The molecular weight excluding hydrogens is 518 g/mol. The summed E-state index contributed by atoms with van der Waals surface area (Å²) in [5, 5.41) is 1.16. The van der Waals surface area contributed by atoms with E-state index in [1.165, 1.54) is 6.07 Å². The molecule has 0 saturated carbocycles. The van der Waals surface area contributed by atoms with Crippen LogP contribution in [0.4, 0.5) is 4.39 Å². The first-order valence-electron chi connectivity index (χ1n) is 12.3. The second kappa shape index (κ2) is 11.7. The molecule has 0 aliphatic heterocycles. The lowest BCUT2D eigenvalue weighted by Crippen LogP contribution is -1.97. The van der Waals surface area contributed by atoms with Gasteiger partial charge in [0.15, 0.2) is 11.6 Å². The fourth-order valence-corrected chi connectivity index (χ4v) is 4.64. The molecule has 0 fully saturated rings. The highest BCUT2D eigenvalue weighted by Crippen LogP contribution is 2.30. The van der Waals surface area contributed by atoms with Gasteiger partial charge in [0.1, 0.15) is 12.4 Å². The van der Waals surface area contributed by atoms with E-state index in [-0.39, 0.29) is 11.6 Å². The fourth-order valence-electron chi connectivity index (χ4n) is 4.13. The van der Waals surface area contributed by atoms with Crippen LogP contribution in [0, 0.1) is 5.82 Å². The van der Waals surface area contributed by atoms with Crippen LogP contribution in [-0.2, 0) is 13.2 Å². The number of nitrogens with zero attached hydrogens (tertiary/aromatic N) is 2. The zero-order valence-electron chi connectivity index (χ0n) is 20.7. The summed E-state index contributed by atoms with van der Waals surface area (Å²) in [5.41, 5.74) is 5.34. The lowest BCUT2D eigenvalue weighted by Gasteiger charge is -2.09. The first-order valence-corrected chi connectivity index (χ1v) is 13.0. The summed E-state index contributed by atoms with van der Waals surface area (Å²) in [7, 11) is 0. The number of hydrogen-bond donors (Lipinski definition) is 0.